The van der Waals surface area contributed by atoms with E-state index in [2.05, 4.69) is 26.6 Å². The second kappa shape index (κ2) is 15.6. The van der Waals surface area contributed by atoms with E-state index >= 15 is 0 Å². The molecule has 13 nitrogen and oxygen atoms in total. The van der Waals surface area contributed by atoms with Crippen molar-refractivity contribution >= 4 is 35.4 Å². The van der Waals surface area contributed by atoms with Crippen LogP contribution in [0.5, 0.6) is 0 Å². The zero-order chi connectivity index (χ0) is 32.6. The SMILES string of the molecule is CC(C)CC(=O)N[C@H]1C[C@H]2C(=O)N[C@@H](C)C(=O)N[C@H](c3ccccc3)CC(=O)N[C@@H](CC(C)C)C(=O)N[C@@H](CO)C(=O)N2C1. The van der Waals surface area contributed by atoms with Crippen molar-refractivity contribution in [2.45, 2.75) is 96.6 Å². The number of hydrogen-bond acceptors (Lipinski definition) is 7. The summed E-state index contributed by atoms with van der Waals surface area (Å²) >= 11 is 0. The van der Waals surface area contributed by atoms with Gasteiger partial charge in [-0.15, -0.1) is 0 Å². The van der Waals surface area contributed by atoms with Gasteiger partial charge in [-0.3, -0.25) is 28.8 Å². The van der Waals surface area contributed by atoms with Crippen LogP contribution in [-0.4, -0.2) is 88.8 Å². The summed E-state index contributed by atoms with van der Waals surface area (Å²) in [6, 6.07) is 3.04. The summed E-state index contributed by atoms with van der Waals surface area (Å²) in [6.07, 6.45) is 0.413. The first-order valence-electron chi connectivity index (χ1n) is 15.2. The highest BCUT2D eigenvalue weighted by Crippen LogP contribution is 2.22. The number of aliphatic hydroxyl groups is 1. The van der Waals surface area contributed by atoms with Crippen molar-refractivity contribution in [1.82, 2.24) is 31.5 Å². The number of nitrogens with zero attached hydrogens (tertiary/aromatic N) is 1. The molecule has 6 amide bonds. The Balaban J connectivity index is 1.97. The van der Waals surface area contributed by atoms with Crippen LogP contribution < -0.4 is 26.6 Å². The van der Waals surface area contributed by atoms with Gasteiger partial charge in [0.1, 0.15) is 24.2 Å². The summed E-state index contributed by atoms with van der Waals surface area (Å²) in [6.45, 7) is 8.26. The molecule has 0 bridgehead atoms. The molecule has 2 saturated heterocycles. The Labute approximate surface area is 258 Å². The predicted molar refractivity (Wildman–Crippen MR) is 161 cm³/mol. The normalized spacial score (nSPS) is 27.4. The van der Waals surface area contributed by atoms with Crippen LogP contribution in [0.1, 0.15) is 71.9 Å². The molecule has 0 aliphatic carbocycles. The van der Waals surface area contributed by atoms with Gasteiger partial charge in [-0.1, -0.05) is 58.0 Å². The third-order valence-corrected chi connectivity index (χ3v) is 7.66. The van der Waals surface area contributed by atoms with E-state index in [9.17, 15) is 33.9 Å². The van der Waals surface area contributed by atoms with E-state index in [1.807, 2.05) is 27.7 Å². The Morgan fingerprint density at radius 1 is 0.909 bits per heavy atom. The van der Waals surface area contributed by atoms with Gasteiger partial charge in [0.05, 0.1) is 19.1 Å². The van der Waals surface area contributed by atoms with Crippen molar-refractivity contribution in [3.8, 4) is 0 Å². The molecule has 0 saturated carbocycles. The second-order valence-electron chi connectivity index (χ2n) is 12.5. The minimum atomic E-state index is -1.40. The third-order valence-electron chi connectivity index (χ3n) is 7.66. The fraction of sp³-hybridized carbons (Fsp3) is 0.613. The first-order valence-corrected chi connectivity index (χ1v) is 15.2. The summed E-state index contributed by atoms with van der Waals surface area (Å²) in [5.41, 5.74) is 0.661. The average Bonchev–Trinajstić information content (AvgIpc) is 3.37. The van der Waals surface area contributed by atoms with Crippen LogP contribution >= 0.6 is 0 Å². The number of carbonyl (C=O) groups is 6. The molecule has 0 spiro atoms. The van der Waals surface area contributed by atoms with Gasteiger partial charge in [0.2, 0.25) is 35.4 Å². The van der Waals surface area contributed by atoms with E-state index in [0.717, 1.165) is 0 Å². The first kappa shape index (κ1) is 34.5. The van der Waals surface area contributed by atoms with Crippen molar-refractivity contribution in [2.24, 2.45) is 11.8 Å². The molecule has 2 aliphatic heterocycles. The maximum absolute atomic E-state index is 13.7. The summed E-state index contributed by atoms with van der Waals surface area (Å²) in [5, 5.41) is 23.8. The molecule has 6 N–H and O–H groups in total. The molecule has 0 radical (unpaired) electrons. The summed E-state index contributed by atoms with van der Waals surface area (Å²) in [7, 11) is 0. The van der Waals surface area contributed by atoms with Crippen LogP contribution in [0.4, 0.5) is 0 Å². The molecule has 44 heavy (non-hydrogen) atoms. The number of benzene rings is 1. The van der Waals surface area contributed by atoms with Crippen LogP contribution in [0, 0.1) is 11.8 Å². The molecular weight excluding hydrogens is 568 g/mol. The largest absolute Gasteiger partial charge is 0.394 e. The van der Waals surface area contributed by atoms with E-state index in [1.165, 1.54) is 11.8 Å². The number of nitrogens with one attached hydrogen (secondary N) is 5. The quantitative estimate of drug-likeness (QED) is 0.247. The summed E-state index contributed by atoms with van der Waals surface area (Å²) in [4.78, 5) is 80.8. The summed E-state index contributed by atoms with van der Waals surface area (Å²) < 4.78 is 0. The Hall–Kier alpha value is -4.00. The maximum atomic E-state index is 13.7. The molecule has 6 atom stereocenters. The zero-order valence-electron chi connectivity index (χ0n) is 26.1. The molecule has 0 unspecified atom stereocenters. The van der Waals surface area contributed by atoms with Gasteiger partial charge in [-0.05, 0) is 37.2 Å². The topological polar surface area (TPSA) is 186 Å². The molecule has 2 heterocycles. The van der Waals surface area contributed by atoms with Crippen LogP contribution in [0.25, 0.3) is 0 Å². The first-order chi connectivity index (χ1) is 20.8. The highest BCUT2D eigenvalue weighted by Gasteiger charge is 2.43. The van der Waals surface area contributed by atoms with Crippen molar-refractivity contribution in [3.05, 3.63) is 35.9 Å². The van der Waals surface area contributed by atoms with E-state index in [1.54, 1.807) is 30.3 Å². The molecule has 3 rings (SSSR count). The summed E-state index contributed by atoms with van der Waals surface area (Å²) in [5.74, 6) is -3.19. The van der Waals surface area contributed by atoms with Gasteiger partial charge in [0.25, 0.3) is 0 Å². The lowest BCUT2D eigenvalue weighted by Crippen LogP contribution is -2.59. The number of amides is 6. The highest BCUT2D eigenvalue weighted by atomic mass is 16.3. The fourth-order valence-electron chi connectivity index (χ4n) is 5.50. The lowest BCUT2D eigenvalue weighted by atomic mass is 10.00. The van der Waals surface area contributed by atoms with Gasteiger partial charge in [-0.2, -0.15) is 0 Å². The van der Waals surface area contributed by atoms with Crippen LogP contribution in [0.3, 0.4) is 0 Å². The highest BCUT2D eigenvalue weighted by molar-refractivity contribution is 5.96. The monoisotopic (exact) mass is 614 g/mol. The molecule has 0 aromatic heterocycles. The van der Waals surface area contributed by atoms with Gasteiger partial charge in [-0.25, -0.2) is 0 Å². The van der Waals surface area contributed by atoms with Crippen molar-refractivity contribution in [2.75, 3.05) is 13.2 Å². The van der Waals surface area contributed by atoms with E-state index < -0.39 is 72.4 Å². The standard InChI is InChI=1S/C31H46N6O7/c1-17(2)11-23-29(42)36-24(16-38)31(44)37-15-21(33-26(39)12-18(3)4)13-25(37)30(43)32-19(5)28(41)35-22(14-27(40)34-23)20-9-7-6-8-10-20/h6-10,17-19,21-25,38H,11-16H2,1-5H3,(H,32,43)(H,33,39)(H,34,40)(H,35,41)(H,36,42)/t19-,21-,22-,23-,24-,25-/m0/s1. The Morgan fingerprint density at radius 2 is 1.59 bits per heavy atom. The number of aliphatic hydroxyl groups excluding tert-OH is 1. The molecule has 2 aliphatic rings. The number of fused-ring (bicyclic) bond motifs is 1. The minimum Gasteiger partial charge on any atom is -0.394 e. The average molecular weight is 615 g/mol. The van der Waals surface area contributed by atoms with Crippen molar-refractivity contribution in [3.63, 3.8) is 0 Å². The fourth-order valence-corrected chi connectivity index (χ4v) is 5.50. The van der Waals surface area contributed by atoms with E-state index in [0.29, 0.717) is 5.56 Å². The lowest BCUT2D eigenvalue weighted by molar-refractivity contribution is -0.143. The van der Waals surface area contributed by atoms with Gasteiger partial charge in [0.15, 0.2) is 0 Å². The molecule has 13 heteroatoms. The van der Waals surface area contributed by atoms with Crippen molar-refractivity contribution < 1.29 is 33.9 Å². The zero-order valence-corrected chi connectivity index (χ0v) is 26.1. The molecular formula is C31H46N6O7. The Bertz CT molecular complexity index is 1210. The second-order valence-corrected chi connectivity index (χ2v) is 12.5. The van der Waals surface area contributed by atoms with Crippen LogP contribution in [-0.2, 0) is 28.8 Å². The van der Waals surface area contributed by atoms with Gasteiger partial charge in [0, 0.05) is 19.0 Å². The van der Waals surface area contributed by atoms with Crippen LogP contribution in [0.2, 0.25) is 0 Å². The molecule has 1 aromatic rings. The van der Waals surface area contributed by atoms with E-state index in [4.69, 9.17) is 0 Å². The minimum absolute atomic E-state index is 0.00716. The van der Waals surface area contributed by atoms with Crippen molar-refractivity contribution in [1.29, 1.82) is 0 Å². The smallest absolute Gasteiger partial charge is 0.248 e. The Morgan fingerprint density at radius 3 is 2.20 bits per heavy atom. The Kier molecular flexibility index (Phi) is 12.3. The van der Waals surface area contributed by atoms with Gasteiger partial charge < -0.3 is 36.6 Å². The third kappa shape index (κ3) is 9.50. The molecule has 242 valence electrons. The number of rotatable bonds is 7. The van der Waals surface area contributed by atoms with Gasteiger partial charge >= 0.3 is 0 Å². The lowest BCUT2D eigenvalue weighted by Gasteiger charge is -2.30. The van der Waals surface area contributed by atoms with E-state index in [-0.39, 0.29) is 50.0 Å². The number of hydrogen-bond donors (Lipinski definition) is 6. The van der Waals surface area contributed by atoms with Crippen LogP contribution in [0.15, 0.2) is 30.3 Å². The number of carbonyl (C=O) groups excluding carboxylic acids is 6. The predicted octanol–water partition coefficient (Wildman–Crippen LogP) is -0.108. The maximum Gasteiger partial charge on any atom is 0.248 e. The molecule has 2 fully saturated rings. The molecule has 1 aromatic carbocycles.